The first-order valence-electron chi connectivity index (χ1n) is 11.0. The van der Waals surface area contributed by atoms with Crippen molar-refractivity contribution >= 4 is 18.1 Å². The van der Waals surface area contributed by atoms with E-state index in [0.29, 0.717) is 12.4 Å². The fourth-order valence-electron chi connectivity index (χ4n) is 3.84. The highest BCUT2D eigenvalue weighted by atomic mass is 16.7. The van der Waals surface area contributed by atoms with Gasteiger partial charge in [-0.2, -0.15) is 0 Å². The van der Waals surface area contributed by atoms with E-state index >= 15 is 0 Å². The fraction of sp³-hybridized carbons (Fsp3) is 0.296. The van der Waals surface area contributed by atoms with Gasteiger partial charge in [0.05, 0.1) is 27.4 Å². The van der Waals surface area contributed by atoms with Gasteiger partial charge in [0.25, 0.3) is 0 Å². The number of benzene rings is 2. The molecule has 4 atom stereocenters. The van der Waals surface area contributed by atoms with Crippen molar-refractivity contribution in [1.82, 2.24) is 0 Å². The summed E-state index contributed by atoms with van der Waals surface area (Å²) in [6.07, 6.45) is 5.28. The number of allylic oxidation sites excluding steroid dienone is 1. The smallest absolute Gasteiger partial charge is 0.331 e. The highest BCUT2D eigenvalue weighted by molar-refractivity contribution is 5.87. The van der Waals surface area contributed by atoms with Gasteiger partial charge in [-0.05, 0) is 47.5 Å². The molecular weight excluding hydrogens is 436 g/mol. The molecule has 0 amide bonds. The summed E-state index contributed by atoms with van der Waals surface area (Å²) in [7, 11) is 3.24. The monoisotopic (exact) mass is 464 g/mol. The number of esters is 1. The number of methoxy groups -OCH3 is 2. The average Bonchev–Trinajstić information content (AvgIpc) is 3.45. The lowest BCUT2D eigenvalue weighted by atomic mass is 10.1. The Morgan fingerprint density at radius 3 is 1.76 bits per heavy atom. The van der Waals surface area contributed by atoms with Crippen molar-refractivity contribution in [3.63, 3.8) is 0 Å². The zero-order valence-electron chi connectivity index (χ0n) is 19.2. The first-order valence-corrected chi connectivity index (χ1v) is 11.0. The van der Waals surface area contributed by atoms with Crippen LogP contribution in [-0.2, 0) is 23.7 Å². The molecule has 2 aromatic carbocycles. The molecule has 2 heterocycles. The third kappa shape index (κ3) is 5.87. The molecule has 2 unspecified atom stereocenters. The summed E-state index contributed by atoms with van der Waals surface area (Å²) in [6.45, 7) is 4.55. The van der Waals surface area contributed by atoms with Gasteiger partial charge in [-0.1, -0.05) is 36.9 Å². The second-order valence-corrected chi connectivity index (χ2v) is 7.91. The zero-order valence-corrected chi connectivity index (χ0v) is 19.2. The minimum absolute atomic E-state index is 0.255. The Kier molecular flexibility index (Phi) is 7.67. The Morgan fingerprint density at radius 2 is 1.26 bits per heavy atom. The predicted octanol–water partition coefficient (Wildman–Crippen LogP) is 4.04. The summed E-state index contributed by atoms with van der Waals surface area (Å²) >= 11 is 0. The lowest BCUT2D eigenvalue weighted by Gasteiger charge is -2.18. The van der Waals surface area contributed by atoms with Crippen LogP contribution in [0.1, 0.15) is 11.1 Å². The molecule has 0 spiro atoms. The van der Waals surface area contributed by atoms with E-state index in [1.807, 2.05) is 54.6 Å². The van der Waals surface area contributed by atoms with E-state index in [2.05, 4.69) is 6.58 Å². The summed E-state index contributed by atoms with van der Waals surface area (Å²) < 4.78 is 33.5. The first-order chi connectivity index (χ1) is 16.6. The Bertz CT molecular complexity index is 954. The molecule has 2 aromatic rings. The van der Waals surface area contributed by atoms with Crippen LogP contribution >= 0.6 is 0 Å². The number of carbonyl (C=O) groups is 1. The van der Waals surface area contributed by atoms with Crippen LogP contribution in [0.4, 0.5) is 0 Å². The molecule has 2 fully saturated rings. The molecular formula is C27H28O7. The zero-order chi connectivity index (χ0) is 23.9. The standard InChI is InChI=1S/C27H28O7/c1-18(4-5-19-6-11-21(29-2)12-7-19)33-23-16-31-27-24(17-32-26(23)27)34-25(28)15-10-20-8-13-22(30-3)14-9-20/h4-15,23-24,26-27H,1,16-17H2,2-3H3/b5-4+,15-10+/t23-,24+,26?,27?/m0/s1. The molecule has 2 saturated heterocycles. The Balaban J connectivity index is 1.26. The SMILES string of the molecule is C=C(/C=C/c1ccc(OC)cc1)O[C@H]1COC2C1OC[C@H]2OC(=O)/C=C/c1ccc(OC)cc1. The topological polar surface area (TPSA) is 72.5 Å². The summed E-state index contributed by atoms with van der Waals surface area (Å²) in [6, 6.07) is 15.0. The third-order valence-electron chi connectivity index (χ3n) is 5.64. The van der Waals surface area contributed by atoms with Crippen molar-refractivity contribution in [2.45, 2.75) is 24.4 Å². The third-order valence-corrected chi connectivity index (χ3v) is 5.64. The Morgan fingerprint density at radius 1 is 0.794 bits per heavy atom. The van der Waals surface area contributed by atoms with Crippen molar-refractivity contribution < 1.29 is 33.2 Å². The van der Waals surface area contributed by atoms with Crippen molar-refractivity contribution in [3.05, 3.63) is 84.1 Å². The molecule has 2 aliphatic rings. The minimum Gasteiger partial charge on any atom is -0.497 e. The van der Waals surface area contributed by atoms with Gasteiger partial charge < -0.3 is 28.4 Å². The number of fused-ring (bicyclic) bond motifs is 1. The largest absolute Gasteiger partial charge is 0.497 e. The number of hydrogen-bond acceptors (Lipinski definition) is 7. The summed E-state index contributed by atoms with van der Waals surface area (Å²) in [5.41, 5.74) is 1.86. The van der Waals surface area contributed by atoms with Gasteiger partial charge in [0.1, 0.15) is 29.5 Å². The van der Waals surface area contributed by atoms with Crippen LogP contribution in [0.3, 0.4) is 0 Å². The normalized spacial score (nSPS) is 23.7. The quantitative estimate of drug-likeness (QED) is 0.240. The number of hydrogen-bond donors (Lipinski definition) is 0. The van der Waals surface area contributed by atoms with E-state index in [4.69, 9.17) is 28.4 Å². The van der Waals surface area contributed by atoms with Gasteiger partial charge in [0.2, 0.25) is 0 Å². The molecule has 178 valence electrons. The van der Waals surface area contributed by atoms with Crippen LogP contribution < -0.4 is 9.47 Å². The van der Waals surface area contributed by atoms with Gasteiger partial charge in [0, 0.05) is 6.08 Å². The molecule has 0 bridgehead atoms. The van der Waals surface area contributed by atoms with Crippen LogP contribution in [0.5, 0.6) is 11.5 Å². The van der Waals surface area contributed by atoms with Gasteiger partial charge in [0.15, 0.2) is 12.2 Å². The predicted molar refractivity (Wildman–Crippen MR) is 127 cm³/mol. The van der Waals surface area contributed by atoms with Crippen LogP contribution in [0.2, 0.25) is 0 Å². The van der Waals surface area contributed by atoms with E-state index in [1.165, 1.54) is 6.08 Å². The minimum atomic E-state index is -0.491. The van der Waals surface area contributed by atoms with Gasteiger partial charge in [-0.15, -0.1) is 0 Å². The highest BCUT2D eigenvalue weighted by Crippen LogP contribution is 2.31. The summed E-state index contributed by atoms with van der Waals surface area (Å²) in [4.78, 5) is 12.3. The molecule has 0 N–H and O–H groups in total. The van der Waals surface area contributed by atoms with E-state index in [1.54, 1.807) is 26.4 Å². The average molecular weight is 465 g/mol. The molecule has 0 aliphatic carbocycles. The van der Waals surface area contributed by atoms with Crippen molar-refractivity contribution in [2.75, 3.05) is 27.4 Å². The van der Waals surface area contributed by atoms with E-state index in [9.17, 15) is 4.79 Å². The Labute approximate surface area is 199 Å². The second kappa shape index (κ2) is 11.0. The molecule has 4 rings (SSSR count). The van der Waals surface area contributed by atoms with E-state index in [-0.39, 0.29) is 24.9 Å². The van der Waals surface area contributed by atoms with E-state index < -0.39 is 12.1 Å². The molecule has 2 aliphatic heterocycles. The maximum atomic E-state index is 12.3. The second-order valence-electron chi connectivity index (χ2n) is 7.91. The lowest BCUT2D eigenvalue weighted by Crippen LogP contribution is -2.34. The van der Waals surface area contributed by atoms with Gasteiger partial charge >= 0.3 is 5.97 Å². The maximum absolute atomic E-state index is 12.3. The van der Waals surface area contributed by atoms with Gasteiger partial charge in [-0.3, -0.25) is 0 Å². The molecule has 7 heteroatoms. The molecule has 0 radical (unpaired) electrons. The molecule has 7 nitrogen and oxygen atoms in total. The van der Waals surface area contributed by atoms with Crippen LogP contribution in [0, 0.1) is 0 Å². The van der Waals surface area contributed by atoms with Crippen LogP contribution in [0.25, 0.3) is 12.2 Å². The maximum Gasteiger partial charge on any atom is 0.331 e. The Hall–Kier alpha value is -3.55. The van der Waals surface area contributed by atoms with Crippen molar-refractivity contribution in [2.24, 2.45) is 0 Å². The van der Waals surface area contributed by atoms with Crippen molar-refractivity contribution in [3.8, 4) is 11.5 Å². The number of ether oxygens (including phenoxy) is 6. The van der Waals surface area contributed by atoms with E-state index in [0.717, 1.165) is 22.6 Å². The number of rotatable bonds is 9. The van der Waals surface area contributed by atoms with Crippen molar-refractivity contribution in [1.29, 1.82) is 0 Å². The summed E-state index contributed by atoms with van der Waals surface area (Å²) in [5, 5.41) is 0. The molecule has 0 saturated carbocycles. The van der Waals surface area contributed by atoms with Crippen LogP contribution in [-0.4, -0.2) is 57.8 Å². The molecule has 0 aromatic heterocycles. The lowest BCUT2D eigenvalue weighted by molar-refractivity contribution is -0.147. The fourth-order valence-corrected chi connectivity index (χ4v) is 3.84. The first kappa shape index (κ1) is 23.6. The summed E-state index contributed by atoms with van der Waals surface area (Å²) in [5.74, 6) is 1.59. The van der Waals surface area contributed by atoms with Gasteiger partial charge in [-0.25, -0.2) is 4.79 Å². The number of carbonyl (C=O) groups excluding carboxylic acids is 1. The van der Waals surface area contributed by atoms with Crippen LogP contribution in [0.15, 0.2) is 73.0 Å². The highest BCUT2D eigenvalue weighted by Gasteiger charge is 2.50. The molecule has 34 heavy (non-hydrogen) atoms.